The van der Waals surface area contributed by atoms with Gasteiger partial charge in [0, 0.05) is 24.2 Å². The average Bonchev–Trinajstić information content (AvgIpc) is 3.36. The molecule has 0 bridgehead atoms. The van der Waals surface area contributed by atoms with Gasteiger partial charge < -0.3 is 9.30 Å². The lowest BCUT2D eigenvalue weighted by Gasteiger charge is -2.27. The molecule has 29 heavy (non-hydrogen) atoms. The predicted octanol–water partition coefficient (Wildman–Crippen LogP) is 5.29. The Hall–Kier alpha value is -2.97. The largest absolute Gasteiger partial charge is 0.474 e. The van der Waals surface area contributed by atoms with Crippen LogP contribution < -0.4 is 4.74 Å². The Morgan fingerprint density at radius 1 is 0.897 bits per heavy atom. The Labute approximate surface area is 162 Å². The first kappa shape index (κ1) is 19.4. The second-order valence-electron chi connectivity index (χ2n) is 7.38. The van der Waals surface area contributed by atoms with Gasteiger partial charge in [0.05, 0.1) is 5.56 Å². The summed E-state index contributed by atoms with van der Waals surface area (Å²) in [6.45, 7) is 3.03. The van der Waals surface area contributed by atoms with E-state index in [4.69, 9.17) is 4.74 Å². The molecular formula is C20H16F5N3O. The highest BCUT2D eigenvalue weighted by Gasteiger charge is 2.38. The van der Waals surface area contributed by atoms with Crippen molar-refractivity contribution in [1.29, 1.82) is 0 Å². The molecule has 0 aliphatic heterocycles. The molecule has 1 aromatic heterocycles. The van der Waals surface area contributed by atoms with Crippen LogP contribution in [0.4, 0.5) is 22.0 Å². The van der Waals surface area contributed by atoms with Gasteiger partial charge in [0.2, 0.25) is 0 Å². The molecule has 1 aliphatic carbocycles. The van der Waals surface area contributed by atoms with Crippen molar-refractivity contribution in [1.82, 2.24) is 14.8 Å². The molecule has 1 saturated carbocycles. The van der Waals surface area contributed by atoms with Crippen LogP contribution in [0.2, 0.25) is 0 Å². The second-order valence-corrected chi connectivity index (χ2v) is 7.38. The fraction of sp³-hybridized carbons (Fsp3) is 0.300. The van der Waals surface area contributed by atoms with Gasteiger partial charge in [0.1, 0.15) is 17.5 Å². The van der Waals surface area contributed by atoms with Gasteiger partial charge in [-0.05, 0) is 38.8 Å². The van der Waals surface area contributed by atoms with Gasteiger partial charge in [-0.1, -0.05) is 0 Å². The van der Waals surface area contributed by atoms with Crippen LogP contribution in [0.1, 0.15) is 38.6 Å². The van der Waals surface area contributed by atoms with E-state index in [0.717, 1.165) is 25.0 Å². The Bertz CT molecular complexity index is 1070. The Balaban J connectivity index is 1.78. The van der Waals surface area contributed by atoms with Crippen molar-refractivity contribution >= 4 is 0 Å². The number of nitrogens with zero attached hydrogens (tertiary/aromatic N) is 3. The summed E-state index contributed by atoms with van der Waals surface area (Å²) in [6, 6.07) is 4.08. The fourth-order valence-corrected chi connectivity index (χ4v) is 3.16. The number of ether oxygens (including phenoxy) is 1. The highest BCUT2D eigenvalue weighted by molar-refractivity contribution is 5.57. The van der Waals surface area contributed by atoms with E-state index in [9.17, 15) is 22.0 Å². The van der Waals surface area contributed by atoms with Crippen molar-refractivity contribution in [3.63, 3.8) is 0 Å². The van der Waals surface area contributed by atoms with Gasteiger partial charge in [0.25, 0.3) is 0 Å². The molecule has 4 nitrogen and oxygen atoms in total. The van der Waals surface area contributed by atoms with Gasteiger partial charge in [-0.25, -0.2) is 22.0 Å². The third kappa shape index (κ3) is 3.56. The molecule has 2 aromatic carbocycles. The van der Waals surface area contributed by atoms with Crippen LogP contribution in [0, 0.1) is 29.1 Å². The number of hydrogen-bond donors (Lipinski definition) is 0. The average molecular weight is 409 g/mol. The molecule has 9 heteroatoms. The van der Waals surface area contributed by atoms with Gasteiger partial charge >= 0.3 is 0 Å². The van der Waals surface area contributed by atoms with Crippen molar-refractivity contribution in [3.05, 3.63) is 65.2 Å². The molecule has 0 atom stereocenters. The Kier molecular flexibility index (Phi) is 4.55. The minimum absolute atomic E-state index is 0.0481. The minimum Gasteiger partial charge on any atom is -0.474 e. The third-order valence-electron chi connectivity index (χ3n) is 4.64. The van der Waals surface area contributed by atoms with Crippen molar-refractivity contribution in [2.45, 2.75) is 38.3 Å². The molecule has 0 unspecified atom stereocenters. The van der Waals surface area contributed by atoms with Crippen molar-refractivity contribution in [3.8, 4) is 17.1 Å². The summed E-state index contributed by atoms with van der Waals surface area (Å²) in [5, 5.41) is 8.10. The molecule has 0 spiro atoms. The molecule has 3 aromatic rings. The number of benzene rings is 2. The summed E-state index contributed by atoms with van der Waals surface area (Å²) in [5.74, 6) is -5.37. The zero-order chi connectivity index (χ0) is 20.9. The van der Waals surface area contributed by atoms with Crippen LogP contribution in [0.3, 0.4) is 0 Å². The molecule has 1 heterocycles. The monoisotopic (exact) mass is 409 g/mol. The number of aromatic nitrogens is 3. The van der Waals surface area contributed by atoms with E-state index in [-0.39, 0.29) is 23.3 Å². The SMILES string of the molecule is CC(C)(Oc1c(F)cc(F)cc1F)c1nnc(-c2ccc(F)cc2F)n1C1CC1. The highest BCUT2D eigenvalue weighted by Crippen LogP contribution is 2.42. The summed E-state index contributed by atoms with van der Waals surface area (Å²) in [7, 11) is 0. The maximum atomic E-state index is 14.3. The zero-order valence-corrected chi connectivity index (χ0v) is 15.5. The summed E-state index contributed by atoms with van der Waals surface area (Å²) in [4.78, 5) is 0. The van der Waals surface area contributed by atoms with Crippen LogP contribution in [-0.2, 0) is 5.60 Å². The van der Waals surface area contributed by atoms with Crippen LogP contribution in [0.25, 0.3) is 11.4 Å². The maximum Gasteiger partial charge on any atom is 0.192 e. The van der Waals surface area contributed by atoms with Crippen LogP contribution in [0.5, 0.6) is 5.75 Å². The Morgan fingerprint density at radius 3 is 2.10 bits per heavy atom. The first-order valence-corrected chi connectivity index (χ1v) is 8.92. The van der Waals surface area contributed by atoms with E-state index in [2.05, 4.69) is 10.2 Å². The topological polar surface area (TPSA) is 39.9 Å². The smallest absolute Gasteiger partial charge is 0.192 e. The molecule has 0 saturated heterocycles. The zero-order valence-electron chi connectivity index (χ0n) is 15.5. The standard InChI is InChI=1S/C20H16F5N3O/c1-20(2,29-17-15(24)8-11(22)9-16(17)25)19-27-26-18(28(19)12-4-5-12)13-6-3-10(21)7-14(13)23/h3,6-9,12H,4-5H2,1-2H3. The molecule has 1 aliphatic rings. The van der Waals surface area contributed by atoms with Crippen LogP contribution in [-0.4, -0.2) is 14.8 Å². The molecule has 4 rings (SSSR count). The number of hydrogen-bond acceptors (Lipinski definition) is 3. The molecule has 1 fully saturated rings. The summed E-state index contributed by atoms with van der Waals surface area (Å²) < 4.78 is 76.0. The van der Waals surface area contributed by atoms with Gasteiger partial charge in [-0.2, -0.15) is 0 Å². The minimum atomic E-state index is -1.39. The third-order valence-corrected chi connectivity index (χ3v) is 4.64. The predicted molar refractivity (Wildman–Crippen MR) is 93.6 cm³/mol. The first-order valence-electron chi connectivity index (χ1n) is 8.92. The first-order chi connectivity index (χ1) is 13.7. The molecule has 152 valence electrons. The van der Waals surface area contributed by atoms with Gasteiger partial charge in [0.15, 0.2) is 34.6 Å². The van der Waals surface area contributed by atoms with Crippen LogP contribution >= 0.6 is 0 Å². The number of rotatable bonds is 5. The number of halogens is 5. The molecular weight excluding hydrogens is 393 g/mol. The lowest BCUT2D eigenvalue weighted by Crippen LogP contribution is -2.30. The van der Waals surface area contributed by atoms with E-state index < -0.39 is 40.4 Å². The quantitative estimate of drug-likeness (QED) is 0.538. The molecule has 0 amide bonds. The molecule has 0 radical (unpaired) electrons. The van der Waals surface area contributed by atoms with Crippen LogP contribution in [0.15, 0.2) is 30.3 Å². The van der Waals surface area contributed by atoms with E-state index in [1.54, 1.807) is 4.57 Å². The lowest BCUT2D eigenvalue weighted by atomic mass is 10.1. The second kappa shape index (κ2) is 6.82. The lowest BCUT2D eigenvalue weighted by molar-refractivity contribution is 0.0822. The van der Waals surface area contributed by atoms with Crippen molar-refractivity contribution in [2.75, 3.05) is 0 Å². The summed E-state index contributed by atoms with van der Waals surface area (Å²) in [6.07, 6.45) is 1.55. The normalized spacial score (nSPS) is 14.3. The van der Waals surface area contributed by atoms with Crippen molar-refractivity contribution in [2.24, 2.45) is 0 Å². The van der Waals surface area contributed by atoms with E-state index in [0.29, 0.717) is 12.1 Å². The summed E-state index contributed by atoms with van der Waals surface area (Å²) >= 11 is 0. The van der Waals surface area contributed by atoms with Gasteiger partial charge in [-0.15, -0.1) is 10.2 Å². The van der Waals surface area contributed by atoms with E-state index in [1.165, 1.54) is 19.9 Å². The fourth-order valence-electron chi connectivity index (χ4n) is 3.16. The van der Waals surface area contributed by atoms with Crippen molar-refractivity contribution < 1.29 is 26.7 Å². The summed E-state index contributed by atoms with van der Waals surface area (Å²) in [5.41, 5.74) is -1.34. The highest BCUT2D eigenvalue weighted by atomic mass is 19.2. The van der Waals surface area contributed by atoms with Gasteiger partial charge in [-0.3, -0.25) is 0 Å². The maximum absolute atomic E-state index is 14.3. The Morgan fingerprint density at radius 2 is 1.52 bits per heavy atom. The van der Waals surface area contributed by atoms with E-state index in [1.807, 2.05) is 0 Å². The van der Waals surface area contributed by atoms with E-state index >= 15 is 0 Å². The molecule has 0 N–H and O–H groups in total.